The molecule has 0 spiro atoms. The van der Waals surface area contributed by atoms with E-state index in [-0.39, 0.29) is 0 Å². The van der Waals surface area contributed by atoms with Crippen LogP contribution in [0.5, 0.6) is 5.75 Å². The van der Waals surface area contributed by atoms with Crippen molar-refractivity contribution < 1.29 is 14.6 Å². The van der Waals surface area contributed by atoms with Crippen LogP contribution in [0.1, 0.15) is 39.9 Å². The number of hydrogen-bond acceptors (Lipinski definition) is 3. The van der Waals surface area contributed by atoms with E-state index in [1.54, 1.807) is 25.3 Å². The second-order valence-corrected chi connectivity index (χ2v) is 6.28. The molecule has 1 aliphatic rings. The van der Waals surface area contributed by atoms with Crippen molar-refractivity contribution in [3.05, 3.63) is 64.7 Å². The van der Waals surface area contributed by atoms with Crippen LogP contribution in [0.2, 0.25) is 0 Å². The first-order valence-corrected chi connectivity index (χ1v) is 8.37. The highest BCUT2D eigenvalue weighted by Crippen LogP contribution is 2.28. The highest BCUT2D eigenvalue weighted by molar-refractivity contribution is 5.87. The van der Waals surface area contributed by atoms with Gasteiger partial charge in [0.2, 0.25) is 0 Å². The van der Waals surface area contributed by atoms with Crippen molar-refractivity contribution in [1.82, 2.24) is 5.32 Å². The van der Waals surface area contributed by atoms with Gasteiger partial charge in [0.1, 0.15) is 5.75 Å². The van der Waals surface area contributed by atoms with E-state index < -0.39 is 5.97 Å². The molecular weight excluding hydrogens is 302 g/mol. The molecule has 0 bridgehead atoms. The average Bonchev–Trinajstić information content (AvgIpc) is 2.81. The molecule has 24 heavy (non-hydrogen) atoms. The molecule has 1 unspecified atom stereocenters. The minimum atomic E-state index is -0.882. The Morgan fingerprint density at radius 2 is 2.12 bits per heavy atom. The lowest BCUT2D eigenvalue weighted by atomic mass is 10.0. The summed E-state index contributed by atoms with van der Waals surface area (Å²) in [6.45, 7) is 0.686. The van der Waals surface area contributed by atoms with Crippen molar-refractivity contribution in [2.75, 3.05) is 7.11 Å². The lowest BCUT2D eigenvalue weighted by molar-refractivity contribution is 0.0696. The van der Waals surface area contributed by atoms with Crippen molar-refractivity contribution in [2.24, 2.45) is 0 Å². The van der Waals surface area contributed by atoms with E-state index in [1.807, 2.05) is 12.1 Å². The number of nitrogens with one attached hydrogen (secondary N) is 1. The summed E-state index contributed by atoms with van der Waals surface area (Å²) in [5, 5.41) is 12.7. The zero-order chi connectivity index (χ0) is 16.9. The van der Waals surface area contributed by atoms with Crippen LogP contribution >= 0.6 is 0 Å². The van der Waals surface area contributed by atoms with Gasteiger partial charge < -0.3 is 15.2 Å². The summed E-state index contributed by atoms with van der Waals surface area (Å²) in [4.78, 5) is 11.1. The molecule has 2 N–H and O–H groups in total. The first-order valence-electron chi connectivity index (χ1n) is 8.37. The molecule has 0 saturated heterocycles. The topological polar surface area (TPSA) is 58.6 Å². The summed E-state index contributed by atoms with van der Waals surface area (Å²) in [6, 6.07) is 13.8. The Labute approximate surface area is 142 Å². The van der Waals surface area contributed by atoms with Crippen molar-refractivity contribution >= 4 is 5.97 Å². The van der Waals surface area contributed by atoms with E-state index >= 15 is 0 Å². The van der Waals surface area contributed by atoms with Gasteiger partial charge in [-0.2, -0.15) is 0 Å². The predicted molar refractivity (Wildman–Crippen MR) is 93.7 cm³/mol. The van der Waals surface area contributed by atoms with Gasteiger partial charge in [0, 0.05) is 12.6 Å². The summed E-state index contributed by atoms with van der Waals surface area (Å²) < 4.78 is 5.49. The Morgan fingerprint density at radius 3 is 2.92 bits per heavy atom. The highest BCUT2D eigenvalue weighted by Gasteiger charge is 2.18. The lowest BCUT2D eigenvalue weighted by Crippen LogP contribution is -2.30. The van der Waals surface area contributed by atoms with Crippen molar-refractivity contribution in [1.29, 1.82) is 0 Å². The normalized spacial score (nSPS) is 17.0. The molecule has 0 fully saturated rings. The Hall–Kier alpha value is -2.33. The van der Waals surface area contributed by atoms with Crippen LogP contribution in [-0.4, -0.2) is 24.2 Å². The summed E-state index contributed by atoms with van der Waals surface area (Å²) in [5.41, 5.74) is 4.02. The number of carboxylic acids is 1. The Kier molecular flexibility index (Phi) is 5.16. The molecule has 126 valence electrons. The van der Waals surface area contributed by atoms with Crippen LogP contribution in [0.3, 0.4) is 0 Å². The standard InChI is InChI=1S/C20H23NO3/c1-24-19-10-3-6-15-12-17(8-4-9-18(15)19)21-13-14-5-2-7-16(11-14)20(22)23/h2-3,5-7,10-11,17,21H,4,8-9,12-13H2,1H3,(H,22,23). The maximum Gasteiger partial charge on any atom is 0.335 e. The molecule has 4 nitrogen and oxygen atoms in total. The minimum Gasteiger partial charge on any atom is -0.496 e. The molecule has 0 heterocycles. The largest absolute Gasteiger partial charge is 0.496 e. The monoisotopic (exact) mass is 325 g/mol. The average molecular weight is 325 g/mol. The first-order chi connectivity index (χ1) is 11.7. The van der Waals surface area contributed by atoms with Gasteiger partial charge in [-0.15, -0.1) is 0 Å². The zero-order valence-corrected chi connectivity index (χ0v) is 13.9. The lowest BCUT2D eigenvalue weighted by Gasteiger charge is -2.17. The molecule has 3 rings (SSSR count). The number of carbonyl (C=O) groups is 1. The van der Waals surface area contributed by atoms with Crippen LogP contribution in [0, 0.1) is 0 Å². The van der Waals surface area contributed by atoms with Crippen LogP contribution in [0.4, 0.5) is 0 Å². The third-order valence-corrected chi connectivity index (χ3v) is 4.66. The third-order valence-electron chi connectivity index (χ3n) is 4.66. The van der Waals surface area contributed by atoms with Crippen LogP contribution in [0.25, 0.3) is 0 Å². The van der Waals surface area contributed by atoms with Crippen LogP contribution in [0.15, 0.2) is 42.5 Å². The molecule has 4 heteroatoms. The molecular formula is C20H23NO3. The van der Waals surface area contributed by atoms with Crippen LogP contribution in [-0.2, 0) is 19.4 Å². The smallest absolute Gasteiger partial charge is 0.335 e. The first kappa shape index (κ1) is 16.5. The molecule has 2 aromatic carbocycles. The number of ether oxygens (including phenoxy) is 1. The van der Waals surface area contributed by atoms with E-state index in [0.717, 1.165) is 37.0 Å². The Balaban J connectivity index is 1.68. The fourth-order valence-corrected chi connectivity index (χ4v) is 3.42. The number of aromatic carboxylic acids is 1. The summed E-state index contributed by atoms with van der Waals surface area (Å²) >= 11 is 0. The van der Waals surface area contributed by atoms with Gasteiger partial charge in [0.15, 0.2) is 0 Å². The second kappa shape index (κ2) is 7.49. The van der Waals surface area contributed by atoms with Crippen molar-refractivity contribution in [2.45, 2.75) is 38.3 Å². The van der Waals surface area contributed by atoms with Crippen LogP contribution < -0.4 is 10.1 Å². The van der Waals surface area contributed by atoms with Gasteiger partial charge in [-0.3, -0.25) is 0 Å². The third kappa shape index (κ3) is 3.77. The molecule has 1 aliphatic carbocycles. The molecule has 2 aromatic rings. The molecule has 0 aliphatic heterocycles. The van der Waals surface area contributed by atoms with Gasteiger partial charge in [0.05, 0.1) is 12.7 Å². The number of methoxy groups -OCH3 is 1. The van der Waals surface area contributed by atoms with E-state index in [0.29, 0.717) is 18.2 Å². The minimum absolute atomic E-state index is 0.338. The van der Waals surface area contributed by atoms with Crippen molar-refractivity contribution in [3.8, 4) is 5.75 Å². The molecule has 0 amide bonds. The van der Waals surface area contributed by atoms with Gasteiger partial charge in [0.25, 0.3) is 0 Å². The Bertz CT molecular complexity index is 727. The predicted octanol–water partition coefficient (Wildman–Crippen LogP) is 3.43. The summed E-state index contributed by atoms with van der Waals surface area (Å²) in [6.07, 6.45) is 4.26. The highest BCUT2D eigenvalue weighted by atomic mass is 16.5. The molecule has 0 saturated carbocycles. The van der Waals surface area contributed by atoms with Gasteiger partial charge in [-0.1, -0.05) is 24.3 Å². The van der Waals surface area contributed by atoms with E-state index in [4.69, 9.17) is 9.84 Å². The number of benzene rings is 2. The number of hydrogen-bond donors (Lipinski definition) is 2. The van der Waals surface area contributed by atoms with Gasteiger partial charge >= 0.3 is 5.97 Å². The quantitative estimate of drug-likeness (QED) is 0.827. The maximum atomic E-state index is 11.1. The van der Waals surface area contributed by atoms with E-state index in [9.17, 15) is 4.79 Å². The van der Waals surface area contributed by atoms with E-state index in [1.165, 1.54) is 11.1 Å². The molecule has 0 aromatic heterocycles. The SMILES string of the molecule is COc1cccc2c1CCCC(NCc1cccc(C(=O)O)c1)C2. The van der Waals surface area contributed by atoms with Gasteiger partial charge in [-0.25, -0.2) is 4.79 Å². The van der Waals surface area contributed by atoms with Gasteiger partial charge in [-0.05, 0) is 60.6 Å². The van der Waals surface area contributed by atoms with E-state index in [2.05, 4.69) is 17.4 Å². The fraction of sp³-hybridized carbons (Fsp3) is 0.350. The number of rotatable bonds is 5. The summed E-state index contributed by atoms with van der Waals surface area (Å²) in [7, 11) is 1.73. The number of fused-ring (bicyclic) bond motifs is 1. The summed E-state index contributed by atoms with van der Waals surface area (Å²) in [5.74, 6) is 0.106. The second-order valence-electron chi connectivity index (χ2n) is 6.28. The fourth-order valence-electron chi connectivity index (χ4n) is 3.42. The maximum absolute atomic E-state index is 11.1. The molecule has 0 radical (unpaired) electrons. The zero-order valence-electron chi connectivity index (χ0n) is 13.9. The Morgan fingerprint density at radius 1 is 1.29 bits per heavy atom. The number of carboxylic acid groups (broad SMARTS) is 1. The molecule has 1 atom stereocenters. The van der Waals surface area contributed by atoms with Crippen molar-refractivity contribution in [3.63, 3.8) is 0 Å².